The summed E-state index contributed by atoms with van der Waals surface area (Å²) in [4.78, 5) is 23.2. The van der Waals surface area contributed by atoms with Gasteiger partial charge in [-0.2, -0.15) is 0 Å². The first-order chi connectivity index (χ1) is 11.3. The molecule has 0 radical (unpaired) electrons. The summed E-state index contributed by atoms with van der Waals surface area (Å²) in [6.07, 6.45) is 5.17. The minimum absolute atomic E-state index is 0.0130. The number of para-hydroxylation sites is 1. The molecule has 1 amide bonds. The van der Waals surface area contributed by atoms with E-state index in [1.807, 2.05) is 55.1 Å². The minimum Gasteiger partial charge on any atom is -0.339 e. The topological polar surface area (TPSA) is 46.1 Å². The zero-order chi connectivity index (χ0) is 16.2. The van der Waals surface area contributed by atoms with Crippen molar-refractivity contribution in [2.75, 3.05) is 13.1 Å². The molecule has 116 valence electrons. The van der Waals surface area contributed by atoms with Crippen molar-refractivity contribution in [2.24, 2.45) is 0 Å². The number of carbonyl (C=O) groups is 1. The summed E-state index contributed by atoms with van der Waals surface area (Å²) in [6, 6.07) is 11.8. The molecule has 3 rings (SSSR count). The zero-order valence-corrected chi connectivity index (χ0v) is 13.4. The number of hydrogen-bond acceptors (Lipinski definition) is 3. The molecular weight excluding hydrogens is 286 g/mol. The number of carbonyl (C=O) groups excluding carboxylic acids is 1. The van der Waals surface area contributed by atoms with Crippen molar-refractivity contribution in [1.82, 2.24) is 14.9 Å². The summed E-state index contributed by atoms with van der Waals surface area (Å²) < 4.78 is 0. The Kier molecular flexibility index (Phi) is 4.33. The van der Waals surface area contributed by atoms with Crippen molar-refractivity contribution < 1.29 is 4.79 Å². The Balaban J connectivity index is 2.19. The largest absolute Gasteiger partial charge is 0.339 e. The fraction of sp³-hybridized carbons (Fsp3) is 0.211. The molecular formula is C19H19N3O. The van der Waals surface area contributed by atoms with Crippen molar-refractivity contribution >= 4 is 16.8 Å². The molecule has 0 fully saturated rings. The number of nitrogens with zero attached hydrogens (tertiary/aromatic N) is 3. The van der Waals surface area contributed by atoms with Crippen LogP contribution >= 0.6 is 0 Å². The lowest BCUT2D eigenvalue weighted by molar-refractivity contribution is 0.0773. The molecule has 0 saturated carbocycles. The van der Waals surface area contributed by atoms with Crippen molar-refractivity contribution in [1.29, 1.82) is 0 Å². The third-order valence-electron chi connectivity index (χ3n) is 4.04. The first-order valence-electron chi connectivity index (χ1n) is 7.83. The molecule has 0 atom stereocenters. The van der Waals surface area contributed by atoms with Crippen LogP contribution in [-0.4, -0.2) is 33.9 Å². The number of aromatic nitrogens is 2. The zero-order valence-electron chi connectivity index (χ0n) is 13.4. The number of hydrogen-bond donors (Lipinski definition) is 0. The van der Waals surface area contributed by atoms with Crippen LogP contribution in [0.5, 0.6) is 0 Å². The second kappa shape index (κ2) is 6.57. The molecule has 0 saturated heterocycles. The van der Waals surface area contributed by atoms with Gasteiger partial charge in [-0.1, -0.05) is 18.2 Å². The third kappa shape index (κ3) is 2.80. The number of fused-ring (bicyclic) bond motifs is 1. The standard InChI is InChI=1S/C19H19N3O/c1-3-22(4-2)19(23)17-13-20-11-9-15(17)14-10-12-21-18-8-6-5-7-16(14)18/h5-13H,3-4H2,1-2H3. The van der Waals surface area contributed by atoms with Gasteiger partial charge in [0.05, 0.1) is 11.1 Å². The van der Waals surface area contributed by atoms with Gasteiger partial charge in [0.15, 0.2) is 0 Å². The predicted molar refractivity (Wildman–Crippen MR) is 92.2 cm³/mol. The first-order valence-corrected chi connectivity index (χ1v) is 7.83. The van der Waals surface area contributed by atoms with Crippen molar-refractivity contribution in [2.45, 2.75) is 13.8 Å². The second-order valence-corrected chi connectivity index (χ2v) is 5.27. The van der Waals surface area contributed by atoms with Crippen LogP contribution in [-0.2, 0) is 0 Å². The lowest BCUT2D eigenvalue weighted by Gasteiger charge is -2.20. The van der Waals surface area contributed by atoms with Gasteiger partial charge in [-0.3, -0.25) is 14.8 Å². The molecule has 1 aromatic carbocycles. The molecule has 4 heteroatoms. The maximum atomic E-state index is 12.8. The van der Waals surface area contributed by atoms with E-state index in [1.165, 1.54) is 0 Å². The lowest BCUT2D eigenvalue weighted by atomic mass is 9.97. The molecule has 0 N–H and O–H groups in total. The van der Waals surface area contributed by atoms with E-state index in [0.29, 0.717) is 18.7 Å². The smallest absolute Gasteiger partial charge is 0.256 e. The molecule has 0 spiro atoms. The van der Waals surface area contributed by atoms with Crippen molar-refractivity contribution in [3.63, 3.8) is 0 Å². The van der Waals surface area contributed by atoms with E-state index in [2.05, 4.69) is 9.97 Å². The highest BCUT2D eigenvalue weighted by molar-refractivity contribution is 6.04. The summed E-state index contributed by atoms with van der Waals surface area (Å²) in [5.74, 6) is 0.0130. The highest BCUT2D eigenvalue weighted by Gasteiger charge is 2.18. The molecule has 3 aromatic rings. The molecule has 2 aromatic heterocycles. The fourth-order valence-corrected chi connectivity index (χ4v) is 2.81. The van der Waals surface area contributed by atoms with Crippen molar-refractivity contribution in [3.8, 4) is 11.1 Å². The van der Waals surface area contributed by atoms with E-state index in [0.717, 1.165) is 22.0 Å². The second-order valence-electron chi connectivity index (χ2n) is 5.27. The van der Waals surface area contributed by atoms with Gasteiger partial charge in [0, 0.05) is 37.1 Å². The van der Waals surface area contributed by atoms with Gasteiger partial charge in [-0.25, -0.2) is 0 Å². The Bertz CT molecular complexity index is 835. The highest BCUT2D eigenvalue weighted by atomic mass is 16.2. The summed E-state index contributed by atoms with van der Waals surface area (Å²) >= 11 is 0. The molecule has 23 heavy (non-hydrogen) atoms. The van der Waals surface area contributed by atoms with Crippen LogP contribution in [0.3, 0.4) is 0 Å². The Morgan fingerprint density at radius 1 is 1.00 bits per heavy atom. The highest BCUT2D eigenvalue weighted by Crippen LogP contribution is 2.30. The first kappa shape index (κ1) is 15.2. The number of amides is 1. The SMILES string of the molecule is CCN(CC)C(=O)c1cnccc1-c1ccnc2ccccc12. The van der Waals surface area contributed by atoms with Crippen molar-refractivity contribution in [3.05, 3.63) is 60.6 Å². The van der Waals surface area contributed by atoms with E-state index in [-0.39, 0.29) is 5.91 Å². The van der Waals surface area contributed by atoms with E-state index in [9.17, 15) is 4.79 Å². The van der Waals surface area contributed by atoms with Crippen LogP contribution in [0.1, 0.15) is 24.2 Å². The van der Waals surface area contributed by atoms with E-state index < -0.39 is 0 Å². The monoisotopic (exact) mass is 305 g/mol. The van der Waals surface area contributed by atoms with Crippen LogP contribution < -0.4 is 0 Å². The van der Waals surface area contributed by atoms with Gasteiger partial charge in [0.2, 0.25) is 0 Å². The van der Waals surface area contributed by atoms with Gasteiger partial charge in [-0.15, -0.1) is 0 Å². The summed E-state index contributed by atoms with van der Waals surface area (Å²) in [5.41, 5.74) is 3.46. The van der Waals surface area contributed by atoms with Crippen LogP contribution in [0.15, 0.2) is 55.0 Å². The summed E-state index contributed by atoms with van der Waals surface area (Å²) in [7, 11) is 0. The molecule has 0 aliphatic heterocycles. The molecule has 0 unspecified atom stereocenters. The van der Waals surface area contributed by atoms with Crippen LogP contribution in [0.2, 0.25) is 0 Å². The average Bonchev–Trinajstić information content (AvgIpc) is 2.62. The van der Waals surface area contributed by atoms with E-state index in [4.69, 9.17) is 0 Å². The van der Waals surface area contributed by atoms with Crippen LogP contribution in [0.25, 0.3) is 22.0 Å². The van der Waals surface area contributed by atoms with Gasteiger partial charge in [0.25, 0.3) is 5.91 Å². The van der Waals surface area contributed by atoms with Gasteiger partial charge >= 0.3 is 0 Å². The molecule has 0 bridgehead atoms. The number of rotatable bonds is 4. The van der Waals surface area contributed by atoms with Gasteiger partial charge in [0.1, 0.15) is 0 Å². The Morgan fingerprint density at radius 2 is 1.74 bits per heavy atom. The van der Waals surface area contributed by atoms with E-state index >= 15 is 0 Å². The number of pyridine rings is 2. The van der Waals surface area contributed by atoms with Crippen LogP contribution in [0.4, 0.5) is 0 Å². The Labute approximate surface area is 135 Å². The summed E-state index contributed by atoms with van der Waals surface area (Å²) in [6.45, 7) is 5.33. The maximum Gasteiger partial charge on any atom is 0.256 e. The Hall–Kier alpha value is -2.75. The lowest BCUT2D eigenvalue weighted by Crippen LogP contribution is -2.30. The summed E-state index contributed by atoms with van der Waals surface area (Å²) in [5, 5.41) is 1.04. The molecule has 0 aliphatic carbocycles. The van der Waals surface area contributed by atoms with Gasteiger partial charge in [-0.05, 0) is 43.2 Å². The fourth-order valence-electron chi connectivity index (χ4n) is 2.81. The van der Waals surface area contributed by atoms with E-state index in [1.54, 1.807) is 18.6 Å². The predicted octanol–water partition coefficient (Wildman–Crippen LogP) is 3.78. The molecule has 0 aliphatic rings. The third-order valence-corrected chi connectivity index (χ3v) is 4.04. The quantitative estimate of drug-likeness (QED) is 0.737. The number of benzene rings is 1. The maximum absolute atomic E-state index is 12.8. The van der Waals surface area contributed by atoms with Gasteiger partial charge < -0.3 is 4.90 Å². The van der Waals surface area contributed by atoms with Crippen LogP contribution in [0, 0.1) is 0 Å². The minimum atomic E-state index is 0.0130. The normalized spacial score (nSPS) is 10.7. The molecule has 4 nitrogen and oxygen atoms in total. The average molecular weight is 305 g/mol. The molecule has 2 heterocycles. The Morgan fingerprint density at radius 3 is 2.52 bits per heavy atom.